The van der Waals surface area contributed by atoms with Gasteiger partial charge in [-0.1, -0.05) is 12.1 Å². The molecule has 1 aromatic carbocycles. The molecule has 1 amide bonds. The van der Waals surface area contributed by atoms with Crippen LogP contribution in [0.5, 0.6) is 0 Å². The van der Waals surface area contributed by atoms with E-state index >= 15 is 0 Å². The largest absolute Gasteiger partial charge is 0.444 e. The van der Waals surface area contributed by atoms with E-state index in [1.807, 2.05) is 63.8 Å². The molecule has 0 radical (unpaired) electrons. The number of carbonyl (C=O) groups excluding carboxylic acids is 1. The zero-order chi connectivity index (χ0) is 21.2. The van der Waals surface area contributed by atoms with Gasteiger partial charge in [0.05, 0.1) is 12.2 Å². The maximum Gasteiger partial charge on any atom is 0.421 e. The number of oxazole rings is 1. The number of fused-ring (bicyclic) bond motifs is 1. The fourth-order valence-electron chi connectivity index (χ4n) is 3.87. The molecule has 0 bridgehead atoms. The number of rotatable bonds is 5. The van der Waals surface area contributed by atoms with Crippen LogP contribution in [0.3, 0.4) is 0 Å². The van der Waals surface area contributed by atoms with Crippen molar-refractivity contribution in [3.05, 3.63) is 34.8 Å². The molecule has 29 heavy (non-hydrogen) atoms. The minimum atomic E-state index is -0.508. The van der Waals surface area contributed by atoms with Crippen LogP contribution in [0.15, 0.2) is 33.5 Å². The van der Waals surface area contributed by atoms with E-state index in [1.54, 1.807) is 4.57 Å². The molecule has 0 spiro atoms. The van der Waals surface area contributed by atoms with Crippen LogP contribution in [0.2, 0.25) is 0 Å². The molecule has 1 unspecified atom stereocenters. The Morgan fingerprint density at radius 1 is 1.31 bits per heavy atom. The normalized spacial score (nSPS) is 18.3. The van der Waals surface area contributed by atoms with Gasteiger partial charge in [0.25, 0.3) is 0 Å². The van der Waals surface area contributed by atoms with Crippen molar-refractivity contribution in [1.29, 1.82) is 0 Å². The minimum Gasteiger partial charge on any atom is -0.444 e. The van der Waals surface area contributed by atoms with Crippen LogP contribution in [-0.4, -0.2) is 51.7 Å². The molecule has 160 valence electrons. The molecule has 0 saturated carbocycles. The zero-order valence-corrected chi connectivity index (χ0v) is 18.2. The first-order chi connectivity index (χ1) is 13.6. The minimum absolute atomic E-state index is 0.0701. The number of amides is 1. The van der Waals surface area contributed by atoms with E-state index < -0.39 is 5.60 Å². The molecule has 1 aromatic heterocycles. The lowest BCUT2D eigenvalue weighted by Crippen LogP contribution is -2.47. The third-order valence-corrected chi connectivity index (χ3v) is 5.22. The lowest BCUT2D eigenvalue weighted by molar-refractivity contribution is 0.0110. The van der Waals surface area contributed by atoms with E-state index in [-0.39, 0.29) is 17.9 Å². The first-order valence-electron chi connectivity index (χ1n) is 10.4. The molecule has 7 heteroatoms. The number of nitrogens with zero attached hydrogens (tertiary/aromatic N) is 3. The summed E-state index contributed by atoms with van der Waals surface area (Å²) in [5, 5.41) is 0. The fraction of sp³-hybridized carbons (Fsp3) is 0.636. The maximum atomic E-state index is 12.6. The number of para-hydroxylation sites is 2. The molecule has 0 aliphatic carbocycles. The smallest absolute Gasteiger partial charge is 0.421 e. The van der Waals surface area contributed by atoms with E-state index in [1.165, 1.54) is 0 Å². The Balaban J connectivity index is 1.67. The van der Waals surface area contributed by atoms with Gasteiger partial charge in [-0.3, -0.25) is 9.47 Å². The summed E-state index contributed by atoms with van der Waals surface area (Å²) in [5.41, 5.74) is 0.922. The molecule has 1 aliphatic rings. The lowest BCUT2D eigenvalue weighted by atomic mass is 9.97. The van der Waals surface area contributed by atoms with Gasteiger partial charge in [0.2, 0.25) is 0 Å². The molecule has 1 saturated heterocycles. The SMILES string of the molecule is CC(C)N(CC1CCCN(Cn2c(=O)oc3ccccc32)C1)C(=O)OC(C)(C)C. The van der Waals surface area contributed by atoms with Gasteiger partial charge in [-0.15, -0.1) is 0 Å². The van der Waals surface area contributed by atoms with Crippen LogP contribution in [0, 0.1) is 5.92 Å². The van der Waals surface area contributed by atoms with Crippen molar-refractivity contribution in [2.45, 2.75) is 65.8 Å². The summed E-state index contributed by atoms with van der Waals surface area (Å²) >= 11 is 0. The summed E-state index contributed by atoms with van der Waals surface area (Å²) in [6, 6.07) is 7.57. The fourth-order valence-corrected chi connectivity index (χ4v) is 3.87. The molecule has 0 N–H and O–H groups in total. The summed E-state index contributed by atoms with van der Waals surface area (Å²) in [6.07, 6.45) is 1.83. The van der Waals surface area contributed by atoms with Crippen LogP contribution in [-0.2, 0) is 11.4 Å². The topological polar surface area (TPSA) is 67.9 Å². The second kappa shape index (κ2) is 8.61. The molecular weight excluding hydrogens is 370 g/mol. The number of carbonyl (C=O) groups is 1. The van der Waals surface area contributed by atoms with E-state index in [2.05, 4.69) is 4.90 Å². The molecule has 1 atom stereocenters. The number of hydrogen-bond acceptors (Lipinski definition) is 5. The third-order valence-electron chi connectivity index (χ3n) is 5.22. The van der Waals surface area contributed by atoms with Crippen molar-refractivity contribution < 1.29 is 13.9 Å². The number of aromatic nitrogens is 1. The van der Waals surface area contributed by atoms with E-state index in [4.69, 9.17) is 9.15 Å². The van der Waals surface area contributed by atoms with Crippen molar-refractivity contribution in [2.75, 3.05) is 19.6 Å². The molecule has 2 heterocycles. The molecule has 3 rings (SSSR count). The second-order valence-corrected chi connectivity index (χ2v) is 9.22. The number of piperidine rings is 1. The highest BCUT2D eigenvalue weighted by atomic mass is 16.6. The number of benzene rings is 1. The predicted molar refractivity (Wildman–Crippen MR) is 113 cm³/mol. The van der Waals surface area contributed by atoms with Crippen LogP contribution in [0.4, 0.5) is 4.79 Å². The number of hydrogen-bond donors (Lipinski definition) is 0. The van der Waals surface area contributed by atoms with Gasteiger partial charge in [0, 0.05) is 19.1 Å². The summed E-state index contributed by atoms with van der Waals surface area (Å²) in [7, 11) is 0. The average Bonchev–Trinajstić information content (AvgIpc) is 2.94. The van der Waals surface area contributed by atoms with Gasteiger partial charge in [-0.05, 0) is 72.1 Å². The van der Waals surface area contributed by atoms with E-state index in [0.29, 0.717) is 24.7 Å². The summed E-state index contributed by atoms with van der Waals surface area (Å²) < 4.78 is 12.6. The van der Waals surface area contributed by atoms with Crippen molar-refractivity contribution >= 4 is 17.2 Å². The Kier molecular flexibility index (Phi) is 6.36. The maximum absolute atomic E-state index is 12.6. The highest BCUT2D eigenvalue weighted by molar-refractivity contribution is 5.72. The Morgan fingerprint density at radius 2 is 2.03 bits per heavy atom. The van der Waals surface area contributed by atoms with Crippen LogP contribution >= 0.6 is 0 Å². The van der Waals surface area contributed by atoms with Crippen LogP contribution in [0.25, 0.3) is 11.1 Å². The number of ether oxygens (including phenoxy) is 1. The van der Waals surface area contributed by atoms with Crippen molar-refractivity contribution in [2.24, 2.45) is 5.92 Å². The number of likely N-dealkylation sites (tertiary alicyclic amines) is 1. The zero-order valence-electron chi connectivity index (χ0n) is 18.2. The Labute approximate surface area is 172 Å². The first-order valence-corrected chi connectivity index (χ1v) is 10.4. The van der Waals surface area contributed by atoms with Gasteiger partial charge < -0.3 is 14.1 Å². The second-order valence-electron chi connectivity index (χ2n) is 9.22. The third kappa shape index (κ3) is 5.41. The summed E-state index contributed by atoms with van der Waals surface area (Å²) in [6.45, 7) is 12.6. The molecular formula is C22H33N3O4. The van der Waals surface area contributed by atoms with Gasteiger partial charge in [0.15, 0.2) is 5.58 Å². The van der Waals surface area contributed by atoms with Crippen LogP contribution in [0.1, 0.15) is 47.5 Å². The molecule has 1 fully saturated rings. The van der Waals surface area contributed by atoms with Gasteiger partial charge in [-0.25, -0.2) is 9.59 Å². The molecule has 1 aliphatic heterocycles. The van der Waals surface area contributed by atoms with Crippen LogP contribution < -0.4 is 5.76 Å². The van der Waals surface area contributed by atoms with E-state index in [9.17, 15) is 9.59 Å². The Morgan fingerprint density at radius 3 is 2.72 bits per heavy atom. The highest BCUT2D eigenvalue weighted by Gasteiger charge is 2.29. The Bertz CT molecular complexity index is 893. The van der Waals surface area contributed by atoms with Crippen molar-refractivity contribution in [3.63, 3.8) is 0 Å². The predicted octanol–water partition coefficient (Wildman–Crippen LogP) is 3.91. The van der Waals surface area contributed by atoms with Gasteiger partial charge >= 0.3 is 11.8 Å². The van der Waals surface area contributed by atoms with E-state index in [0.717, 1.165) is 31.4 Å². The standard InChI is InChI=1S/C22H33N3O4/c1-16(2)24(21(27)29-22(3,4)5)14-17-9-8-12-23(13-17)15-25-18-10-6-7-11-19(18)28-20(25)26/h6-7,10-11,16-17H,8-9,12-15H2,1-5H3. The summed E-state index contributed by atoms with van der Waals surface area (Å²) in [4.78, 5) is 29.0. The summed E-state index contributed by atoms with van der Waals surface area (Å²) in [5.74, 6) is 0.0124. The average molecular weight is 404 g/mol. The van der Waals surface area contributed by atoms with Crippen molar-refractivity contribution in [3.8, 4) is 0 Å². The van der Waals surface area contributed by atoms with Gasteiger partial charge in [0.1, 0.15) is 5.60 Å². The molecule has 7 nitrogen and oxygen atoms in total. The van der Waals surface area contributed by atoms with Crippen molar-refractivity contribution in [1.82, 2.24) is 14.4 Å². The lowest BCUT2D eigenvalue weighted by Gasteiger charge is -2.37. The highest BCUT2D eigenvalue weighted by Crippen LogP contribution is 2.22. The Hall–Kier alpha value is -2.28. The molecule has 2 aromatic rings. The first kappa shape index (κ1) is 21.4. The quantitative estimate of drug-likeness (QED) is 0.757. The van der Waals surface area contributed by atoms with Gasteiger partial charge in [-0.2, -0.15) is 0 Å². The monoisotopic (exact) mass is 403 g/mol.